The summed E-state index contributed by atoms with van der Waals surface area (Å²) in [6.45, 7) is 2.39. The van der Waals surface area contributed by atoms with Crippen molar-refractivity contribution in [3.05, 3.63) is 63.7 Å². The van der Waals surface area contributed by atoms with E-state index in [9.17, 15) is 9.90 Å². The summed E-state index contributed by atoms with van der Waals surface area (Å²) in [6.07, 6.45) is 1.51. The number of carbonyl (C=O) groups excluding carboxylic acids is 1. The van der Waals surface area contributed by atoms with Gasteiger partial charge in [-0.3, -0.25) is 4.79 Å². The fourth-order valence-electron chi connectivity index (χ4n) is 2.63. The van der Waals surface area contributed by atoms with Crippen LogP contribution in [0.1, 0.15) is 12.5 Å². The second-order valence-electron chi connectivity index (χ2n) is 5.99. The Morgan fingerprint density at radius 2 is 1.96 bits per heavy atom. The van der Waals surface area contributed by atoms with E-state index >= 15 is 0 Å². The van der Waals surface area contributed by atoms with Gasteiger partial charge in [0.05, 0.1) is 22.9 Å². The average molecular weight is 489 g/mol. The van der Waals surface area contributed by atoms with Gasteiger partial charge in [0.15, 0.2) is 11.5 Å². The number of hydrogen-bond acceptors (Lipinski definition) is 5. The van der Waals surface area contributed by atoms with Crippen molar-refractivity contribution in [1.29, 1.82) is 0 Å². The average Bonchev–Trinajstić information content (AvgIpc) is 2.70. The lowest BCUT2D eigenvalue weighted by molar-refractivity contribution is -0.119. The van der Waals surface area contributed by atoms with Gasteiger partial charge >= 0.3 is 0 Å². The number of aromatic hydroxyl groups is 1. The molecular formula is C21H20IN3O3. The van der Waals surface area contributed by atoms with E-state index in [0.717, 1.165) is 16.5 Å². The normalized spacial score (nSPS) is 10.9. The van der Waals surface area contributed by atoms with Gasteiger partial charge < -0.3 is 15.2 Å². The number of hydrogen-bond donors (Lipinski definition) is 3. The molecule has 0 fully saturated rings. The molecule has 0 atom stereocenters. The second kappa shape index (κ2) is 9.41. The number of rotatable bonds is 7. The molecule has 0 aliphatic carbocycles. The number of amides is 1. The van der Waals surface area contributed by atoms with Crippen LogP contribution < -0.4 is 15.5 Å². The highest BCUT2D eigenvalue weighted by atomic mass is 127. The number of fused-ring (bicyclic) bond motifs is 1. The Hall–Kier alpha value is -2.81. The molecule has 0 spiro atoms. The van der Waals surface area contributed by atoms with E-state index in [1.54, 1.807) is 12.1 Å². The van der Waals surface area contributed by atoms with Crippen LogP contribution in [0.5, 0.6) is 11.5 Å². The molecule has 3 N–H and O–H groups in total. The Kier molecular flexibility index (Phi) is 6.70. The summed E-state index contributed by atoms with van der Waals surface area (Å²) in [7, 11) is 0. The van der Waals surface area contributed by atoms with Crippen LogP contribution in [0.3, 0.4) is 0 Å². The van der Waals surface area contributed by atoms with Gasteiger partial charge in [0.1, 0.15) is 0 Å². The first-order chi connectivity index (χ1) is 13.6. The molecule has 0 unspecified atom stereocenters. The molecule has 1 amide bonds. The van der Waals surface area contributed by atoms with Gasteiger partial charge in [0, 0.05) is 5.69 Å². The Morgan fingerprint density at radius 3 is 2.75 bits per heavy atom. The van der Waals surface area contributed by atoms with Crippen molar-refractivity contribution in [3.8, 4) is 11.5 Å². The molecule has 0 aliphatic heterocycles. The Balaban J connectivity index is 1.56. The summed E-state index contributed by atoms with van der Waals surface area (Å²) in [5.74, 6) is 0.228. The van der Waals surface area contributed by atoms with Crippen molar-refractivity contribution in [2.45, 2.75) is 6.92 Å². The Morgan fingerprint density at radius 1 is 1.18 bits per heavy atom. The minimum Gasteiger partial charge on any atom is -0.504 e. The maximum atomic E-state index is 12.0. The SMILES string of the molecule is CCOc1cc(/C=N/NC(=O)CNc2ccc3ccccc3c2)cc(I)c1O. The van der Waals surface area contributed by atoms with Crippen LogP contribution in [-0.2, 0) is 4.79 Å². The number of phenolic OH excluding ortho intramolecular Hbond substituents is 1. The first-order valence-corrected chi connectivity index (χ1v) is 9.84. The molecule has 6 nitrogen and oxygen atoms in total. The summed E-state index contributed by atoms with van der Waals surface area (Å²) in [5.41, 5.74) is 4.07. The van der Waals surface area contributed by atoms with Crippen LogP contribution in [0.2, 0.25) is 0 Å². The number of phenols is 1. The smallest absolute Gasteiger partial charge is 0.259 e. The minimum absolute atomic E-state index is 0.100. The standard InChI is InChI=1S/C21H20IN3O3/c1-2-28-19-10-14(9-18(22)21(19)27)12-24-25-20(26)13-23-17-8-7-15-5-3-4-6-16(15)11-17/h3-12,23,27H,2,13H2,1H3,(H,25,26)/b24-12+. The number of carbonyl (C=O) groups is 1. The third-order valence-corrected chi connectivity index (χ3v) is 4.78. The molecule has 3 rings (SSSR count). The molecule has 7 heteroatoms. The molecular weight excluding hydrogens is 469 g/mol. The van der Waals surface area contributed by atoms with E-state index in [1.807, 2.05) is 72.0 Å². The molecule has 0 radical (unpaired) electrons. The molecule has 0 aliphatic rings. The highest BCUT2D eigenvalue weighted by molar-refractivity contribution is 14.1. The van der Waals surface area contributed by atoms with Crippen molar-refractivity contribution in [2.75, 3.05) is 18.5 Å². The van der Waals surface area contributed by atoms with Gasteiger partial charge in [0.2, 0.25) is 0 Å². The first kappa shape index (κ1) is 19.9. The Bertz CT molecular complexity index is 1020. The number of ether oxygens (including phenoxy) is 1. The van der Waals surface area contributed by atoms with Crippen molar-refractivity contribution in [3.63, 3.8) is 0 Å². The van der Waals surface area contributed by atoms with E-state index in [0.29, 0.717) is 21.5 Å². The number of nitrogens with one attached hydrogen (secondary N) is 2. The molecule has 144 valence electrons. The molecule has 3 aromatic carbocycles. The minimum atomic E-state index is -0.261. The van der Waals surface area contributed by atoms with Gasteiger partial charge in [-0.15, -0.1) is 0 Å². The van der Waals surface area contributed by atoms with Crippen molar-refractivity contribution in [1.82, 2.24) is 5.43 Å². The van der Waals surface area contributed by atoms with Gasteiger partial charge in [-0.05, 0) is 70.1 Å². The quantitative estimate of drug-likeness (QED) is 0.265. The number of nitrogens with zero attached hydrogens (tertiary/aromatic N) is 1. The van der Waals surface area contributed by atoms with Crippen LogP contribution in [0.15, 0.2) is 59.7 Å². The third kappa shape index (κ3) is 5.13. The molecule has 0 saturated carbocycles. The zero-order valence-electron chi connectivity index (χ0n) is 15.3. The topological polar surface area (TPSA) is 83.0 Å². The van der Waals surface area contributed by atoms with E-state index in [4.69, 9.17) is 4.74 Å². The van der Waals surface area contributed by atoms with Crippen molar-refractivity contribution in [2.24, 2.45) is 5.10 Å². The van der Waals surface area contributed by atoms with Gasteiger partial charge in [-0.25, -0.2) is 5.43 Å². The van der Waals surface area contributed by atoms with Crippen LogP contribution in [0.4, 0.5) is 5.69 Å². The lowest BCUT2D eigenvalue weighted by Crippen LogP contribution is -2.25. The lowest BCUT2D eigenvalue weighted by Gasteiger charge is -2.08. The summed E-state index contributed by atoms with van der Waals surface area (Å²) in [5, 5.41) is 19.3. The van der Waals surface area contributed by atoms with Crippen molar-refractivity contribution < 1.29 is 14.6 Å². The van der Waals surface area contributed by atoms with Gasteiger partial charge in [0.25, 0.3) is 5.91 Å². The number of halogens is 1. The second-order valence-corrected chi connectivity index (χ2v) is 7.15. The monoisotopic (exact) mass is 489 g/mol. The van der Waals surface area contributed by atoms with Crippen LogP contribution in [0.25, 0.3) is 10.8 Å². The van der Waals surface area contributed by atoms with E-state index in [-0.39, 0.29) is 18.2 Å². The fraction of sp³-hybridized carbons (Fsp3) is 0.143. The molecule has 3 aromatic rings. The highest BCUT2D eigenvalue weighted by Crippen LogP contribution is 2.32. The van der Waals surface area contributed by atoms with Gasteiger partial charge in [-0.2, -0.15) is 5.10 Å². The lowest BCUT2D eigenvalue weighted by atomic mass is 10.1. The number of benzene rings is 3. The van der Waals surface area contributed by atoms with E-state index < -0.39 is 0 Å². The largest absolute Gasteiger partial charge is 0.504 e. The predicted molar refractivity (Wildman–Crippen MR) is 120 cm³/mol. The maximum absolute atomic E-state index is 12.0. The molecule has 0 aromatic heterocycles. The van der Waals surface area contributed by atoms with Crippen LogP contribution in [-0.4, -0.2) is 30.4 Å². The highest BCUT2D eigenvalue weighted by Gasteiger charge is 2.08. The summed E-state index contributed by atoms with van der Waals surface area (Å²) in [4.78, 5) is 12.0. The summed E-state index contributed by atoms with van der Waals surface area (Å²) < 4.78 is 6.04. The molecule has 0 saturated heterocycles. The molecule has 28 heavy (non-hydrogen) atoms. The van der Waals surface area contributed by atoms with Crippen LogP contribution in [0, 0.1) is 3.57 Å². The van der Waals surface area contributed by atoms with Crippen LogP contribution >= 0.6 is 22.6 Å². The van der Waals surface area contributed by atoms with Crippen molar-refractivity contribution >= 4 is 51.2 Å². The zero-order valence-corrected chi connectivity index (χ0v) is 17.4. The predicted octanol–water partition coefficient (Wildman–Crippen LogP) is 4.11. The number of anilines is 1. The molecule has 0 bridgehead atoms. The fourth-order valence-corrected chi connectivity index (χ4v) is 3.26. The van der Waals surface area contributed by atoms with E-state index in [2.05, 4.69) is 15.8 Å². The molecule has 0 heterocycles. The third-order valence-electron chi connectivity index (χ3n) is 3.96. The van der Waals surface area contributed by atoms with Gasteiger partial charge in [-0.1, -0.05) is 30.3 Å². The summed E-state index contributed by atoms with van der Waals surface area (Å²) >= 11 is 2.02. The summed E-state index contributed by atoms with van der Waals surface area (Å²) in [6, 6.07) is 17.4. The zero-order chi connectivity index (χ0) is 19.9. The number of hydrazone groups is 1. The van der Waals surface area contributed by atoms with E-state index in [1.165, 1.54) is 6.21 Å². The Labute approximate surface area is 176 Å². The maximum Gasteiger partial charge on any atom is 0.259 e. The first-order valence-electron chi connectivity index (χ1n) is 8.76.